The molecule has 0 spiro atoms. The summed E-state index contributed by atoms with van der Waals surface area (Å²) in [7, 11) is 0. The van der Waals surface area contributed by atoms with Crippen LogP contribution in [0.15, 0.2) is 24.8 Å². The van der Waals surface area contributed by atoms with E-state index < -0.39 is 5.60 Å². The predicted molar refractivity (Wildman–Crippen MR) is 117 cm³/mol. The van der Waals surface area contributed by atoms with Crippen molar-refractivity contribution < 1.29 is 9.84 Å². The summed E-state index contributed by atoms with van der Waals surface area (Å²) in [6.45, 7) is 3.91. The molecule has 172 valence electrons. The minimum absolute atomic E-state index is 0.168. The molecule has 0 bridgehead atoms. The van der Waals surface area contributed by atoms with Crippen molar-refractivity contribution in [1.82, 2.24) is 29.9 Å². The van der Waals surface area contributed by atoms with E-state index in [4.69, 9.17) is 4.74 Å². The molecule has 6 rings (SSSR count). The number of likely N-dealkylation sites (tertiary alicyclic amines) is 1. The molecule has 0 amide bonds. The third-order valence-electron chi connectivity index (χ3n) is 8.16. The highest BCUT2D eigenvalue weighted by atomic mass is 16.5. The summed E-state index contributed by atoms with van der Waals surface area (Å²) in [5.74, 6) is 2.02. The molecular formula is C24H34N6O2. The zero-order valence-corrected chi connectivity index (χ0v) is 18.7. The molecule has 4 fully saturated rings. The van der Waals surface area contributed by atoms with Crippen molar-refractivity contribution in [2.75, 3.05) is 19.7 Å². The van der Waals surface area contributed by atoms with Crippen molar-refractivity contribution in [3.63, 3.8) is 0 Å². The van der Waals surface area contributed by atoms with Gasteiger partial charge in [-0.05, 0) is 56.3 Å². The Bertz CT molecular complexity index is 910. The fourth-order valence-corrected chi connectivity index (χ4v) is 6.13. The van der Waals surface area contributed by atoms with E-state index in [2.05, 4.69) is 25.2 Å². The van der Waals surface area contributed by atoms with Gasteiger partial charge < -0.3 is 9.84 Å². The largest absolute Gasteiger partial charge is 0.383 e. The van der Waals surface area contributed by atoms with Gasteiger partial charge in [0.1, 0.15) is 11.3 Å². The average Bonchev–Trinajstić information content (AvgIpc) is 3.15. The molecule has 4 aliphatic rings. The fraction of sp³-hybridized carbons (Fsp3) is 0.750. The lowest BCUT2D eigenvalue weighted by Gasteiger charge is -2.37. The summed E-state index contributed by atoms with van der Waals surface area (Å²) in [6.07, 6.45) is 16.0. The van der Waals surface area contributed by atoms with E-state index in [0.717, 1.165) is 82.1 Å². The van der Waals surface area contributed by atoms with Gasteiger partial charge in [0.25, 0.3) is 0 Å². The van der Waals surface area contributed by atoms with Gasteiger partial charge in [0.05, 0.1) is 24.0 Å². The van der Waals surface area contributed by atoms with Gasteiger partial charge in [0, 0.05) is 44.8 Å². The van der Waals surface area contributed by atoms with Gasteiger partial charge in [-0.15, -0.1) is 5.10 Å². The molecule has 0 unspecified atom stereocenters. The minimum Gasteiger partial charge on any atom is -0.383 e. The van der Waals surface area contributed by atoms with Crippen LogP contribution >= 0.6 is 0 Å². The molecule has 3 saturated carbocycles. The predicted octanol–water partition coefficient (Wildman–Crippen LogP) is 2.71. The van der Waals surface area contributed by atoms with E-state index in [1.54, 1.807) is 12.4 Å². The molecule has 1 aliphatic heterocycles. The highest BCUT2D eigenvalue weighted by Gasteiger charge is 2.45. The summed E-state index contributed by atoms with van der Waals surface area (Å²) in [4.78, 5) is 11.2. The summed E-state index contributed by atoms with van der Waals surface area (Å²) in [5.41, 5.74) is 0.990. The van der Waals surface area contributed by atoms with Crippen LogP contribution in [0.2, 0.25) is 0 Å². The van der Waals surface area contributed by atoms with Crippen LogP contribution in [0.3, 0.4) is 0 Å². The lowest BCUT2D eigenvalue weighted by molar-refractivity contribution is -0.0376. The Morgan fingerprint density at radius 2 is 1.91 bits per heavy atom. The lowest BCUT2D eigenvalue weighted by Crippen LogP contribution is -2.38. The zero-order valence-electron chi connectivity index (χ0n) is 18.7. The van der Waals surface area contributed by atoms with E-state index in [9.17, 15) is 5.11 Å². The van der Waals surface area contributed by atoms with Crippen LogP contribution in [0.25, 0.3) is 0 Å². The maximum atomic E-state index is 11.0. The second kappa shape index (κ2) is 8.47. The normalized spacial score (nSPS) is 32.3. The Labute approximate surface area is 189 Å². The summed E-state index contributed by atoms with van der Waals surface area (Å²) >= 11 is 0. The summed E-state index contributed by atoms with van der Waals surface area (Å²) in [6, 6.07) is 0.192. The van der Waals surface area contributed by atoms with Crippen LogP contribution in [0.1, 0.15) is 68.8 Å². The van der Waals surface area contributed by atoms with Crippen LogP contribution in [0, 0.1) is 17.8 Å². The van der Waals surface area contributed by atoms with E-state index in [1.807, 2.05) is 17.1 Å². The van der Waals surface area contributed by atoms with Crippen molar-refractivity contribution in [1.29, 1.82) is 0 Å². The van der Waals surface area contributed by atoms with Crippen LogP contribution in [-0.2, 0) is 16.9 Å². The Morgan fingerprint density at radius 3 is 2.66 bits per heavy atom. The molecule has 1 saturated heterocycles. The van der Waals surface area contributed by atoms with Gasteiger partial charge in [-0.3, -0.25) is 14.9 Å². The molecule has 3 heterocycles. The van der Waals surface area contributed by atoms with Gasteiger partial charge in [-0.25, -0.2) is 4.68 Å². The number of nitrogens with zero attached hydrogens (tertiary/aromatic N) is 6. The van der Waals surface area contributed by atoms with Gasteiger partial charge >= 0.3 is 0 Å². The molecule has 4 atom stereocenters. The Kier molecular flexibility index (Phi) is 5.47. The molecule has 32 heavy (non-hydrogen) atoms. The SMILES string of the molecule is OC1(c2cn([C@@H]3C[C@@H]4CN(Cc5cnccn5)C[C@@H]4C[C@H]3OCC3CC3)nn2)CCCC1. The third-order valence-corrected chi connectivity index (χ3v) is 8.16. The first-order valence-corrected chi connectivity index (χ1v) is 12.4. The number of aromatic nitrogens is 5. The van der Waals surface area contributed by atoms with E-state index in [-0.39, 0.29) is 12.1 Å². The maximum absolute atomic E-state index is 11.0. The summed E-state index contributed by atoms with van der Waals surface area (Å²) in [5, 5.41) is 19.9. The smallest absolute Gasteiger partial charge is 0.114 e. The fourth-order valence-electron chi connectivity index (χ4n) is 6.13. The van der Waals surface area contributed by atoms with Crippen LogP contribution in [0.4, 0.5) is 0 Å². The first-order valence-electron chi connectivity index (χ1n) is 12.4. The van der Waals surface area contributed by atoms with Crippen molar-refractivity contribution in [3.05, 3.63) is 36.2 Å². The molecule has 8 heteroatoms. The van der Waals surface area contributed by atoms with Crippen molar-refractivity contribution >= 4 is 0 Å². The van der Waals surface area contributed by atoms with Crippen LogP contribution < -0.4 is 0 Å². The minimum atomic E-state index is -0.791. The highest BCUT2D eigenvalue weighted by molar-refractivity contribution is 5.10. The first kappa shape index (κ1) is 20.7. The highest BCUT2D eigenvalue weighted by Crippen LogP contribution is 2.44. The van der Waals surface area contributed by atoms with Crippen LogP contribution in [-0.4, -0.2) is 60.8 Å². The standard InChI is InChI=1S/C24H34N6O2/c31-24(5-1-2-6-24)23-15-30(28-27-23)21-9-18-12-29(14-20-11-25-7-8-26-20)13-19(18)10-22(21)32-16-17-3-4-17/h7-8,11,15,17-19,21-22,31H,1-6,9-10,12-14,16H2/t18-,19+,21-,22-/m1/s1. The topological polar surface area (TPSA) is 89.2 Å². The number of aliphatic hydroxyl groups is 1. The molecule has 0 radical (unpaired) electrons. The first-order chi connectivity index (χ1) is 15.7. The Hall–Kier alpha value is -1.90. The second-order valence-corrected chi connectivity index (χ2v) is 10.6. The van der Waals surface area contributed by atoms with E-state index >= 15 is 0 Å². The maximum Gasteiger partial charge on any atom is 0.114 e. The number of hydrogen-bond acceptors (Lipinski definition) is 7. The molecule has 2 aromatic heterocycles. The Morgan fingerprint density at radius 1 is 1.09 bits per heavy atom. The average molecular weight is 439 g/mol. The van der Waals surface area contributed by atoms with Gasteiger partial charge in [0.15, 0.2) is 0 Å². The number of ether oxygens (including phenoxy) is 1. The van der Waals surface area contributed by atoms with Crippen molar-refractivity contribution in [2.24, 2.45) is 17.8 Å². The van der Waals surface area contributed by atoms with Crippen LogP contribution in [0.5, 0.6) is 0 Å². The van der Waals surface area contributed by atoms with Crippen molar-refractivity contribution in [2.45, 2.75) is 75.7 Å². The Balaban J connectivity index is 1.18. The van der Waals surface area contributed by atoms with E-state index in [1.165, 1.54) is 12.8 Å². The van der Waals surface area contributed by atoms with Gasteiger partial charge in [-0.1, -0.05) is 18.1 Å². The molecule has 1 N–H and O–H groups in total. The number of fused-ring (bicyclic) bond motifs is 1. The molecular weight excluding hydrogens is 404 g/mol. The quantitative estimate of drug-likeness (QED) is 0.711. The van der Waals surface area contributed by atoms with Crippen molar-refractivity contribution in [3.8, 4) is 0 Å². The molecule has 8 nitrogen and oxygen atoms in total. The molecule has 2 aromatic rings. The van der Waals surface area contributed by atoms with Gasteiger partial charge in [0.2, 0.25) is 0 Å². The summed E-state index contributed by atoms with van der Waals surface area (Å²) < 4.78 is 8.52. The second-order valence-electron chi connectivity index (χ2n) is 10.6. The number of hydrogen-bond donors (Lipinski definition) is 1. The molecule has 3 aliphatic carbocycles. The monoisotopic (exact) mass is 438 g/mol. The lowest BCUT2D eigenvalue weighted by atomic mass is 9.77. The number of rotatable bonds is 7. The van der Waals surface area contributed by atoms with E-state index in [0.29, 0.717) is 11.8 Å². The third kappa shape index (κ3) is 4.20. The zero-order chi connectivity index (χ0) is 21.5. The van der Waals surface area contributed by atoms with Gasteiger partial charge in [-0.2, -0.15) is 0 Å². The molecule has 0 aromatic carbocycles.